The molecule has 0 spiro atoms. The average Bonchev–Trinajstić information content (AvgIpc) is 2.34. The van der Waals surface area contributed by atoms with E-state index in [1.807, 2.05) is 18.3 Å². The molecule has 2 nitrogen and oxygen atoms in total. The fraction of sp³-hybridized carbons (Fsp3) is 0.133. The Morgan fingerprint density at radius 1 is 0.824 bits per heavy atom. The van der Waals surface area contributed by atoms with Crippen molar-refractivity contribution in [2.24, 2.45) is 5.10 Å². The van der Waals surface area contributed by atoms with Gasteiger partial charge in [0.1, 0.15) is 0 Å². The van der Waals surface area contributed by atoms with E-state index in [4.69, 9.17) is 0 Å². The van der Waals surface area contributed by atoms with Gasteiger partial charge in [-0.25, -0.2) is 0 Å². The Hall–Kier alpha value is -2.09. The zero-order chi connectivity index (χ0) is 12.1. The van der Waals surface area contributed by atoms with Crippen molar-refractivity contribution < 1.29 is 0 Å². The van der Waals surface area contributed by atoms with Crippen LogP contribution in [0.3, 0.4) is 0 Å². The number of nitrogens with one attached hydrogen (secondary N) is 1. The summed E-state index contributed by atoms with van der Waals surface area (Å²) in [6.45, 7) is 4.14. The maximum atomic E-state index is 4.20. The molecular formula is C15H16N2. The standard InChI is InChI=1S/C15H16N2/c1-12-3-7-14(8-4-12)11-16-17-15-9-5-13(2)6-10-15/h3-11,17H,1-2H3/b16-11+. The highest BCUT2D eigenvalue weighted by molar-refractivity contribution is 5.80. The highest BCUT2D eigenvalue weighted by Gasteiger charge is 1.89. The predicted octanol–water partition coefficient (Wildman–Crippen LogP) is 3.75. The molecule has 0 unspecified atom stereocenters. The molecule has 2 heteroatoms. The van der Waals surface area contributed by atoms with Crippen LogP contribution >= 0.6 is 0 Å². The van der Waals surface area contributed by atoms with Crippen molar-refractivity contribution in [2.45, 2.75) is 13.8 Å². The van der Waals surface area contributed by atoms with Gasteiger partial charge in [0.15, 0.2) is 0 Å². The molecule has 0 saturated carbocycles. The first kappa shape index (κ1) is 11.4. The number of hydrogen-bond acceptors (Lipinski definition) is 2. The summed E-state index contributed by atoms with van der Waals surface area (Å²) in [5, 5.41) is 4.20. The van der Waals surface area contributed by atoms with Crippen molar-refractivity contribution in [3.05, 3.63) is 65.2 Å². The third-order valence-electron chi connectivity index (χ3n) is 2.54. The smallest absolute Gasteiger partial charge is 0.0561 e. The van der Waals surface area contributed by atoms with E-state index in [1.165, 1.54) is 11.1 Å². The highest BCUT2D eigenvalue weighted by Crippen LogP contribution is 2.08. The third-order valence-corrected chi connectivity index (χ3v) is 2.54. The van der Waals surface area contributed by atoms with Crippen LogP contribution in [0.4, 0.5) is 5.69 Å². The monoisotopic (exact) mass is 224 g/mol. The molecule has 0 heterocycles. The summed E-state index contributed by atoms with van der Waals surface area (Å²) in [6, 6.07) is 16.4. The van der Waals surface area contributed by atoms with Gasteiger partial charge in [0.2, 0.25) is 0 Å². The van der Waals surface area contributed by atoms with Crippen molar-refractivity contribution in [1.82, 2.24) is 0 Å². The Kier molecular flexibility index (Phi) is 3.55. The van der Waals surface area contributed by atoms with E-state index in [-0.39, 0.29) is 0 Å². The molecule has 0 saturated heterocycles. The fourth-order valence-electron chi connectivity index (χ4n) is 1.46. The van der Waals surface area contributed by atoms with Crippen molar-refractivity contribution in [2.75, 3.05) is 5.43 Å². The van der Waals surface area contributed by atoms with E-state index in [2.05, 4.69) is 60.8 Å². The maximum Gasteiger partial charge on any atom is 0.0561 e. The Bertz CT molecular complexity index is 495. The largest absolute Gasteiger partial charge is 0.279 e. The average molecular weight is 224 g/mol. The SMILES string of the molecule is Cc1ccc(/C=N/Nc2ccc(C)cc2)cc1. The first-order valence-corrected chi connectivity index (χ1v) is 5.66. The van der Waals surface area contributed by atoms with Gasteiger partial charge in [-0.2, -0.15) is 5.10 Å². The second kappa shape index (κ2) is 5.30. The molecule has 0 radical (unpaired) electrons. The minimum atomic E-state index is 0.999. The van der Waals surface area contributed by atoms with Gasteiger partial charge in [-0.05, 0) is 31.5 Å². The molecule has 17 heavy (non-hydrogen) atoms. The number of hydrogen-bond donors (Lipinski definition) is 1. The third kappa shape index (κ3) is 3.45. The molecule has 0 aromatic heterocycles. The number of hydrazone groups is 1. The highest BCUT2D eigenvalue weighted by atomic mass is 15.3. The number of nitrogens with zero attached hydrogens (tertiary/aromatic N) is 1. The van der Waals surface area contributed by atoms with Gasteiger partial charge in [-0.15, -0.1) is 0 Å². The summed E-state index contributed by atoms with van der Waals surface area (Å²) in [6.07, 6.45) is 1.82. The molecule has 0 aliphatic carbocycles. The Morgan fingerprint density at radius 3 is 1.94 bits per heavy atom. The van der Waals surface area contributed by atoms with Crippen LogP contribution in [0.15, 0.2) is 53.6 Å². The van der Waals surface area contributed by atoms with E-state index >= 15 is 0 Å². The lowest BCUT2D eigenvalue weighted by atomic mass is 10.2. The Morgan fingerprint density at radius 2 is 1.35 bits per heavy atom. The van der Waals surface area contributed by atoms with Crippen LogP contribution < -0.4 is 5.43 Å². The lowest BCUT2D eigenvalue weighted by Crippen LogP contribution is -1.90. The lowest BCUT2D eigenvalue weighted by Gasteiger charge is -2.00. The van der Waals surface area contributed by atoms with Crippen LogP contribution in [-0.4, -0.2) is 6.21 Å². The number of aryl methyl sites for hydroxylation is 2. The number of benzene rings is 2. The van der Waals surface area contributed by atoms with E-state index in [0.717, 1.165) is 11.3 Å². The van der Waals surface area contributed by atoms with Crippen molar-refractivity contribution in [1.29, 1.82) is 0 Å². The Labute approximate surface area is 102 Å². The first-order chi connectivity index (χ1) is 8.24. The van der Waals surface area contributed by atoms with Crippen LogP contribution in [0.2, 0.25) is 0 Å². The molecule has 2 aromatic rings. The maximum absolute atomic E-state index is 4.20. The first-order valence-electron chi connectivity index (χ1n) is 5.66. The molecule has 0 aliphatic rings. The van der Waals surface area contributed by atoms with Gasteiger partial charge >= 0.3 is 0 Å². The summed E-state index contributed by atoms with van der Waals surface area (Å²) >= 11 is 0. The molecule has 2 aromatic carbocycles. The minimum Gasteiger partial charge on any atom is -0.279 e. The van der Waals surface area contributed by atoms with E-state index < -0.39 is 0 Å². The predicted molar refractivity (Wildman–Crippen MR) is 73.6 cm³/mol. The summed E-state index contributed by atoms with van der Waals surface area (Å²) in [5.41, 5.74) is 7.60. The van der Waals surface area contributed by atoms with Gasteiger partial charge in [0.05, 0.1) is 11.9 Å². The Balaban J connectivity index is 1.97. The van der Waals surface area contributed by atoms with Crippen LogP contribution in [0.5, 0.6) is 0 Å². The van der Waals surface area contributed by atoms with Crippen LogP contribution in [0.25, 0.3) is 0 Å². The molecule has 0 bridgehead atoms. The van der Waals surface area contributed by atoms with E-state index in [0.29, 0.717) is 0 Å². The summed E-state index contributed by atoms with van der Waals surface area (Å²) in [7, 11) is 0. The zero-order valence-electron chi connectivity index (χ0n) is 10.1. The van der Waals surface area contributed by atoms with E-state index in [9.17, 15) is 0 Å². The van der Waals surface area contributed by atoms with Gasteiger partial charge < -0.3 is 0 Å². The van der Waals surface area contributed by atoms with Gasteiger partial charge in [0.25, 0.3) is 0 Å². The second-order valence-electron chi connectivity index (χ2n) is 4.15. The zero-order valence-corrected chi connectivity index (χ0v) is 10.1. The molecule has 0 atom stereocenters. The summed E-state index contributed by atoms with van der Waals surface area (Å²) in [4.78, 5) is 0. The van der Waals surface area contributed by atoms with E-state index in [1.54, 1.807) is 0 Å². The molecule has 2 rings (SSSR count). The quantitative estimate of drug-likeness (QED) is 0.623. The molecule has 0 aliphatic heterocycles. The van der Waals surface area contributed by atoms with Crippen molar-refractivity contribution in [3.63, 3.8) is 0 Å². The number of rotatable bonds is 3. The van der Waals surface area contributed by atoms with Crippen molar-refractivity contribution in [3.8, 4) is 0 Å². The molecule has 86 valence electrons. The number of anilines is 1. The molecule has 0 fully saturated rings. The van der Waals surface area contributed by atoms with Crippen LogP contribution in [0.1, 0.15) is 16.7 Å². The molecular weight excluding hydrogens is 208 g/mol. The molecule has 0 amide bonds. The van der Waals surface area contributed by atoms with Gasteiger partial charge in [-0.3, -0.25) is 5.43 Å². The van der Waals surface area contributed by atoms with Crippen LogP contribution in [-0.2, 0) is 0 Å². The second-order valence-corrected chi connectivity index (χ2v) is 4.15. The summed E-state index contributed by atoms with van der Waals surface area (Å²) in [5.74, 6) is 0. The topological polar surface area (TPSA) is 24.4 Å². The normalized spacial score (nSPS) is 10.7. The lowest BCUT2D eigenvalue weighted by molar-refractivity contribution is 1.33. The van der Waals surface area contributed by atoms with Crippen LogP contribution in [0, 0.1) is 13.8 Å². The molecule has 1 N–H and O–H groups in total. The van der Waals surface area contributed by atoms with Gasteiger partial charge in [-0.1, -0.05) is 47.5 Å². The summed E-state index contributed by atoms with van der Waals surface area (Å²) < 4.78 is 0. The van der Waals surface area contributed by atoms with Gasteiger partial charge in [0, 0.05) is 0 Å². The van der Waals surface area contributed by atoms with Crippen molar-refractivity contribution >= 4 is 11.9 Å². The fourth-order valence-corrected chi connectivity index (χ4v) is 1.46. The minimum absolute atomic E-state index is 0.999.